The first kappa shape index (κ1) is 20.6. The molecule has 1 heterocycles. The monoisotopic (exact) mass is 411 g/mol. The number of hydrogen-bond acceptors (Lipinski definition) is 3. The van der Waals surface area contributed by atoms with Crippen LogP contribution in [0.25, 0.3) is 0 Å². The molecule has 28 heavy (non-hydrogen) atoms. The van der Waals surface area contributed by atoms with Crippen LogP contribution in [0.1, 0.15) is 16.7 Å². The van der Waals surface area contributed by atoms with E-state index in [1.807, 2.05) is 30.3 Å². The summed E-state index contributed by atoms with van der Waals surface area (Å²) in [6.45, 7) is 0.294. The Labute approximate surface area is 162 Å². The maximum Gasteiger partial charge on any atom is 0.416 e. The highest BCUT2D eigenvalue weighted by Crippen LogP contribution is 2.30. The summed E-state index contributed by atoms with van der Waals surface area (Å²) in [5, 5.41) is 0. The van der Waals surface area contributed by atoms with E-state index in [2.05, 4.69) is 0 Å². The lowest BCUT2D eigenvalue weighted by Gasteiger charge is -2.31. The summed E-state index contributed by atoms with van der Waals surface area (Å²) in [5.74, 6) is -0.179. The quantitative estimate of drug-likeness (QED) is 0.676. The minimum absolute atomic E-state index is 0.115. The zero-order chi connectivity index (χ0) is 20.2. The van der Waals surface area contributed by atoms with E-state index >= 15 is 0 Å². The van der Waals surface area contributed by atoms with Crippen molar-refractivity contribution in [1.82, 2.24) is 4.31 Å². The standard InChI is InChI=1S/C20H20F3NO3S/c21-20(22,23)18-9-4-8-17(12-18)13-24-19(10-5-11-28(24,25)26)15-27-14-16-6-2-1-3-7-16/h1-10,12,19H,11,13-15H2/t19-/m0/s1. The number of sulfonamides is 1. The first-order valence-corrected chi connectivity index (χ1v) is 10.3. The average molecular weight is 411 g/mol. The normalized spacial score (nSPS) is 19.6. The molecule has 0 radical (unpaired) electrons. The zero-order valence-electron chi connectivity index (χ0n) is 15.0. The van der Waals surface area contributed by atoms with Gasteiger partial charge < -0.3 is 4.74 Å². The molecule has 2 aromatic rings. The van der Waals surface area contributed by atoms with Crippen molar-refractivity contribution in [2.45, 2.75) is 25.4 Å². The molecule has 0 saturated heterocycles. The highest BCUT2D eigenvalue weighted by atomic mass is 32.2. The summed E-state index contributed by atoms with van der Waals surface area (Å²) < 4.78 is 70.7. The van der Waals surface area contributed by atoms with Crippen LogP contribution in [-0.2, 0) is 34.1 Å². The average Bonchev–Trinajstić information content (AvgIpc) is 2.65. The van der Waals surface area contributed by atoms with E-state index in [4.69, 9.17) is 4.74 Å². The van der Waals surface area contributed by atoms with Crippen LogP contribution in [0.3, 0.4) is 0 Å². The lowest BCUT2D eigenvalue weighted by molar-refractivity contribution is -0.137. The van der Waals surface area contributed by atoms with Crippen LogP contribution < -0.4 is 0 Å². The number of hydrogen-bond donors (Lipinski definition) is 0. The topological polar surface area (TPSA) is 46.6 Å². The van der Waals surface area contributed by atoms with Gasteiger partial charge in [0, 0.05) is 6.54 Å². The van der Waals surface area contributed by atoms with Crippen molar-refractivity contribution in [3.63, 3.8) is 0 Å². The van der Waals surface area contributed by atoms with E-state index in [0.29, 0.717) is 6.61 Å². The van der Waals surface area contributed by atoms with Gasteiger partial charge in [0.05, 0.1) is 30.6 Å². The molecule has 0 aliphatic carbocycles. The molecule has 0 aromatic heterocycles. The Bertz CT molecular complexity index is 927. The van der Waals surface area contributed by atoms with Gasteiger partial charge >= 0.3 is 6.18 Å². The van der Waals surface area contributed by atoms with Gasteiger partial charge in [-0.3, -0.25) is 0 Å². The van der Waals surface area contributed by atoms with Crippen LogP contribution in [0.2, 0.25) is 0 Å². The molecule has 0 saturated carbocycles. The number of benzene rings is 2. The maximum absolute atomic E-state index is 12.9. The van der Waals surface area contributed by atoms with Gasteiger partial charge in [-0.15, -0.1) is 0 Å². The van der Waals surface area contributed by atoms with Crippen molar-refractivity contribution < 1.29 is 26.3 Å². The second-order valence-corrected chi connectivity index (χ2v) is 8.48. The van der Waals surface area contributed by atoms with Gasteiger partial charge in [-0.25, -0.2) is 8.42 Å². The Kier molecular flexibility index (Phi) is 6.22. The lowest BCUT2D eigenvalue weighted by Crippen LogP contribution is -2.44. The third kappa shape index (κ3) is 5.21. The summed E-state index contributed by atoms with van der Waals surface area (Å²) in [4.78, 5) is 0. The predicted molar refractivity (Wildman–Crippen MR) is 99.8 cm³/mol. The molecule has 1 aliphatic heterocycles. The molecule has 150 valence electrons. The highest BCUT2D eigenvalue weighted by Gasteiger charge is 2.33. The Morgan fingerprint density at radius 3 is 2.46 bits per heavy atom. The third-order valence-corrected chi connectivity index (χ3v) is 6.11. The smallest absolute Gasteiger partial charge is 0.375 e. The van der Waals surface area contributed by atoms with Crippen LogP contribution >= 0.6 is 0 Å². The summed E-state index contributed by atoms with van der Waals surface area (Å²) in [6, 6.07) is 13.6. The van der Waals surface area contributed by atoms with Gasteiger partial charge in [0.15, 0.2) is 0 Å². The van der Waals surface area contributed by atoms with Crippen LogP contribution in [-0.4, -0.2) is 31.1 Å². The van der Waals surface area contributed by atoms with Crippen molar-refractivity contribution in [2.75, 3.05) is 12.4 Å². The number of ether oxygens (including phenoxy) is 1. The first-order chi connectivity index (χ1) is 13.3. The molecule has 0 unspecified atom stereocenters. The summed E-state index contributed by atoms with van der Waals surface area (Å²) in [6.07, 6.45) is -1.21. The van der Waals surface area contributed by atoms with Crippen LogP contribution in [0.15, 0.2) is 66.7 Å². The summed E-state index contributed by atoms with van der Waals surface area (Å²) in [5.41, 5.74) is 0.433. The van der Waals surface area contributed by atoms with E-state index < -0.39 is 27.8 Å². The number of halogens is 3. The molecule has 0 bridgehead atoms. The molecular weight excluding hydrogens is 391 g/mol. The molecule has 2 aromatic carbocycles. The van der Waals surface area contributed by atoms with Crippen molar-refractivity contribution in [3.05, 3.63) is 83.4 Å². The Morgan fingerprint density at radius 2 is 1.75 bits per heavy atom. The van der Waals surface area contributed by atoms with E-state index in [9.17, 15) is 21.6 Å². The predicted octanol–water partition coefficient (Wildman–Crippen LogP) is 3.99. The van der Waals surface area contributed by atoms with E-state index in [-0.39, 0.29) is 24.5 Å². The Hall–Kier alpha value is -2.16. The molecule has 1 aliphatic rings. The Balaban J connectivity index is 1.73. The minimum Gasteiger partial charge on any atom is -0.375 e. The van der Waals surface area contributed by atoms with Gasteiger partial charge in [0.1, 0.15) is 0 Å². The van der Waals surface area contributed by atoms with Crippen molar-refractivity contribution >= 4 is 10.0 Å². The molecule has 8 heteroatoms. The fourth-order valence-corrected chi connectivity index (χ4v) is 4.42. The fourth-order valence-electron chi connectivity index (χ4n) is 2.98. The second-order valence-electron chi connectivity index (χ2n) is 6.52. The van der Waals surface area contributed by atoms with Crippen molar-refractivity contribution in [3.8, 4) is 0 Å². The van der Waals surface area contributed by atoms with Gasteiger partial charge in [-0.2, -0.15) is 17.5 Å². The zero-order valence-corrected chi connectivity index (χ0v) is 15.8. The molecule has 3 rings (SSSR count). The first-order valence-electron chi connectivity index (χ1n) is 8.70. The summed E-state index contributed by atoms with van der Waals surface area (Å²) in [7, 11) is -3.63. The van der Waals surface area contributed by atoms with Gasteiger partial charge in [0.25, 0.3) is 0 Å². The van der Waals surface area contributed by atoms with Crippen LogP contribution in [0.5, 0.6) is 0 Å². The van der Waals surface area contributed by atoms with Crippen LogP contribution in [0, 0.1) is 0 Å². The lowest BCUT2D eigenvalue weighted by atomic mass is 10.1. The molecule has 1 atom stereocenters. The molecule has 0 spiro atoms. The van der Waals surface area contributed by atoms with Crippen molar-refractivity contribution in [1.29, 1.82) is 0 Å². The molecular formula is C20H20F3NO3S. The van der Waals surface area contributed by atoms with E-state index in [1.54, 1.807) is 12.2 Å². The number of rotatable bonds is 6. The fraction of sp³-hybridized carbons (Fsp3) is 0.300. The molecule has 0 N–H and O–H groups in total. The number of nitrogens with zero attached hydrogens (tertiary/aromatic N) is 1. The van der Waals surface area contributed by atoms with Gasteiger partial charge in [-0.05, 0) is 17.2 Å². The molecule has 0 amide bonds. The third-order valence-electron chi connectivity index (χ3n) is 4.39. The van der Waals surface area contributed by atoms with Gasteiger partial charge in [0.2, 0.25) is 10.0 Å². The van der Waals surface area contributed by atoms with Crippen molar-refractivity contribution in [2.24, 2.45) is 0 Å². The minimum atomic E-state index is -4.48. The summed E-state index contributed by atoms with van der Waals surface area (Å²) >= 11 is 0. The van der Waals surface area contributed by atoms with Crippen LogP contribution in [0.4, 0.5) is 13.2 Å². The molecule has 4 nitrogen and oxygen atoms in total. The Morgan fingerprint density at radius 1 is 1.04 bits per heavy atom. The van der Waals surface area contributed by atoms with E-state index in [1.165, 1.54) is 16.4 Å². The SMILES string of the molecule is O=S1(=O)CC=C[C@@H](COCc2ccccc2)N1Cc1cccc(C(F)(F)F)c1. The molecule has 0 fully saturated rings. The number of alkyl halides is 3. The maximum atomic E-state index is 12.9. The second kappa shape index (κ2) is 8.46. The largest absolute Gasteiger partial charge is 0.416 e. The highest BCUT2D eigenvalue weighted by molar-refractivity contribution is 7.89. The van der Waals surface area contributed by atoms with E-state index in [0.717, 1.165) is 17.7 Å². The van der Waals surface area contributed by atoms with Gasteiger partial charge in [-0.1, -0.05) is 60.7 Å².